The summed E-state index contributed by atoms with van der Waals surface area (Å²) in [6.07, 6.45) is 7.21. The highest BCUT2D eigenvalue weighted by molar-refractivity contribution is 5.50. The van der Waals surface area contributed by atoms with Gasteiger partial charge in [-0.3, -0.25) is 0 Å². The highest BCUT2D eigenvalue weighted by Crippen LogP contribution is 2.26. The lowest BCUT2D eigenvalue weighted by atomic mass is 10.2. The first-order valence-electron chi connectivity index (χ1n) is 8.65. The fourth-order valence-electron chi connectivity index (χ4n) is 2.96. The van der Waals surface area contributed by atoms with Crippen LogP contribution in [0.4, 0.5) is 17.5 Å². The van der Waals surface area contributed by atoms with E-state index >= 15 is 0 Å². The van der Waals surface area contributed by atoms with Gasteiger partial charge in [-0.1, -0.05) is 0 Å². The summed E-state index contributed by atoms with van der Waals surface area (Å²) in [6, 6.07) is 2.32. The topological polar surface area (TPSA) is 88.1 Å². The molecule has 1 unspecified atom stereocenters. The Bertz CT molecular complexity index is 694. The van der Waals surface area contributed by atoms with Crippen molar-refractivity contribution in [3.8, 4) is 5.88 Å². The van der Waals surface area contributed by atoms with Gasteiger partial charge < -0.3 is 20.3 Å². The molecule has 134 valence electrons. The van der Waals surface area contributed by atoms with Crippen LogP contribution in [0, 0.1) is 0 Å². The SMILES string of the molecule is CNc1cc(N2CCCC2CNc2nccnc2OC(C)C)ncn1. The highest BCUT2D eigenvalue weighted by atomic mass is 16.5. The lowest BCUT2D eigenvalue weighted by molar-refractivity contribution is 0.233. The molecule has 0 amide bonds. The normalized spacial score (nSPS) is 17.0. The smallest absolute Gasteiger partial charge is 0.257 e. The predicted octanol–water partition coefficient (Wildman–Crippen LogP) is 2.18. The van der Waals surface area contributed by atoms with E-state index in [-0.39, 0.29) is 6.10 Å². The van der Waals surface area contributed by atoms with Gasteiger partial charge in [0.05, 0.1) is 6.10 Å². The minimum absolute atomic E-state index is 0.0567. The minimum Gasteiger partial charge on any atom is -0.472 e. The zero-order valence-electron chi connectivity index (χ0n) is 14.9. The number of ether oxygens (including phenoxy) is 1. The summed E-state index contributed by atoms with van der Waals surface area (Å²) in [6.45, 7) is 5.70. The summed E-state index contributed by atoms with van der Waals surface area (Å²) in [4.78, 5) is 19.6. The van der Waals surface area contributed by atoms with Crippen LogP contribution in [0.15, 0.2) is 24.8 Å². The molecule has 0 aromatic carbocycles. The second kappa shape index (κ2) is 7.96. The van der Waals surface area contributed by atoms with Gasteiger partial charge in [0, 0.05) is 44.6 Å². The van der Waals surface area contributed by atoms with E-state index in [9.17, 15) is 0 Å². The zero-order chi connectivity index (χ0) is 17.6. The van der Waals surface area contributed by atoms with E-state index in [1.807, 2.05) is 27.0 Å². The average Bonchev–Trinajstić information content (AvgIpc) is 3.09. The molecule has 2 aromatic rings. The van der Waals surface area contributed by atoms with Crippen LogP contribution in [0.1, 0.15) is 26.7 Å². The standard InChI is InChI=1S/C17H25N7O/c1-12(2)25-17-16(19-6-7-20-17)21-10-13-5-4-8-24(13)15-9-14(18-3)22-11-23-15/h6-7,9,11-13H,4-5,8,10H2,1-3H3,(H,19,21)(H,18,22,23). The molecule has 2 aromatic heterocycles. The van der Waals surface area contributed by atoms with Crippen molar-refractivity contribution in [1.82, 2.24) is 19.9 Å². The number of hydrogen-bond acceptors (Lipinski definition) is 8. The van der Waals surface area contributed by atoms with Crippen LogP contribution in [0.25, 0.3) is 0 Å². The third kappa shape index (κ3) is 4.26. The maximum Gasteiger partial charge on any atom is 0.257 e. The number of aromatic nitrogens is 4. The van der Waals surface area contributed by atoms with Crippen molar-refractivity contribution < 1.29 is 4.74 Å². The van der Waals surface area contributed by atoms with Crippen LogP contribution >= 0.6 is 0 Å². The molecule has 0 saturated carbocycles. The molecule has 2 N–H and O–H groups in total. The van der Waals surface area contributed by atoms with E-state index < -0.39 is 0 Å². The highest BCUT2D eigenvalue weighted by Gasteiger charge is 2.26. The number of nitrogens with one attached hydrogen (secondary N) is 2. The molecule has 0 radical (unpaired) electrons. The van der Waals surface area contributed by atoms with Gasteiger partial charge in [-0.25, -0.2) is 19.9 Å². The van der Waals surface area contributed by atoms with Crippen LogP contribution in [0.3, 0.4) is 0 Å². The fourth-order valence-corrected chi connectivity index (χ4v) is 2.96. The van der Waals surface area contributed by atoms with E-state index in [4.69, 9.17) is 4.74 Å². The Labute approximate surface area is 148 Å². The summed E-state index contributed by atoms with van der Waals surface area (Å²) in [5.41, 5.74) is 0. The molecule has 25 heavy (non-hydrogen) atoms. The molecular weight excluding hydrogens is 318 g/mol. The van der Waals surface area contributed by atoms with E-state index in [0.717, 1.165) is 37.6 Å². The first-order chi connectivity index (χ1) is 12.2. The number of nitrogens with zero attached hydrogens (tertiary/aromatic N) is 5. The van der Waals surface area contributed by atoms with E-state index in [2.05, 4.69) is 35.5 Å². The fraction of sp³-hybridized carbons (Fsp3) is 0.529. The summed E-state index contributed by atoms with van der Waals surface area (Å²) < 4.78 is 5.72. The van der Waals surface area contributed by atoms with Crippen molar-refractivity contribution in [2.45, 2.75) is 38.8 Å². The molecule has 1 saturated heterocycles. The minimum atomic E-state index is 0.0567. The first kappa shape index (κ1) is 17.2. The van der Waals surface area contributed by atoms with Crippen molar-refractivity contribution in [2.24, 2.45) is 0 Å². The van der Waals surface area contributed by atoms with Crippen molar-refractivity contribution in [2.75, 3.05) is 35.7 Å². The number of hydrogen-bond donors (Lipinski definition) is 2. The Morgan fingerprint density at radius 1 is 1.24 bits per heavy atom. The largest absolute Gasteiger partial charge is 0.472 e. The van der Waals surface area contributed by atoms with Crippen LogP contribution < -0.4 is 20.3 Å². The maximum absolute atomic E-state index is 5.72. The van der Waals surface area contributed by atoms with Gasteiger partial charge in [-0.05, 0) is 26.7 Å². The molecule has 0 bridgehead atoms. The molecule has 8 heteroatoms. The summed E-state index contributed by atoms with van der Waals surface area (Å²) in [5, 5.41) is 6.45. The molecule has 8 nitrogen and oxygen atoms in total. The molecule has 1 atom stereocenters. The van der Waals surface area contributed by atoms with Gasteiger partial charge in [0.2, 0.25) is 0 Å². The van der Waals surface area contributed by atoms with E-state index in [1.54, 1.807) is 18.7 Å². The summed E-state index contributed by atoms with van der Waals surface area (Å²) >= 11 is 0. The van der Waals surface area contributed by atoms with Crippen LogP contribution in [-0.4, -0.2) is 52.2 Å². The Morgan fingerprint density at radius 2 is 2.08 bits per heavy atom. The van der Waals surface area contributed by atoms with Crippen molar-refractivity contribution >= 4 is 17.5 Å². The third-order valence-electron chi connectivity index (χ3n) is 4.10. The average molecular weight is 343 g/mol. The quantitative estimate of drug-likeness (QED) is 0.791. The van der Waals surface area contributed by atoms with Gasteiger partial charge in [0.25, 0.3) is 5.88 Å². The first-order valence-corrected chi connectivity index (χ1v) is 8.65. The molecule has 1 fully saturated rings. The lowest BCUT2D eigenvalue weighted by Crippen LogP contribution is -2.35. The monoisotopic (exact) mass is 343 g/mol. The Hall–Kier alpha value is -2.64. The summed E-state index contributed by atoms with van der Waals surface area (Å²) in [7, 11) is 1.86. The molecular formula is C17H25N7O. The van der Waals surface area contributed by atoms with Crippen LogP contribution in [0.5, 0.6) is 5.88 Å². The molecule has 1 aliphatic rings. The Morgan fingerprint density at radius 3 is 2.88 bits per heavy atom. The van der Waals surface area contributed by atoms with Gasteiger partial charge in [-0.2, -0.15) is 0 Å². The Balaban J connectivity index is 1.68. The second-order valence-electron chi connectivity index (χ2n) is 6.26. The molecule has 3 rings (SSSR count). The lowest BCUT2D eigenvalue weighted by Gasteiger charge is -2.26. The van der Waals surface area contributed by atoms with E-state index in [0.29, 0.717) is 17.7 Å². The van der Waals surface area contributed by atoms with E-state index in [1.165, 1.54) is 0 Å². The van der Waals surface area contributed by atoms with Crippen molar-refractivity contribution in [1.29, 1.82) is 0 Å². The van der Waals surface area contributed by atoms with Gasteiger partial charge in [0.1, 0.15) is 18.0 Å². The molecule has 0 spiro atoms. The molecule has 3 heterocycles. The number of rotatable bonds is 7. The number of anilines is 3. The van der Waals surface area contributed by atoms with Crippen molar-refractivity contribution in [3.05, 3.63) is 24.8 Å². The zero-order valence-corrected chi connectivity index (χ0v) is 14.9. The molecule has 0 aliphatic carbocycles. The Kier molecular flexibility index (Phi) is 5.47. The van der Waals surface area contributed by atoms with Gasteiger partial charge in [0.15, 0.2) is 5.82 Å². The summed E-state index contributed by atoms with van der Waals surface area (Å²) in [5.74, 6) is 3.00. The second-order valence-corrected chi connectivity index (χ2v) is 6.26. The maximum atomic E-state index is 5.72. The van der Waals surface area contributed by atoms with Crippen molar-refractivity contribution in [3.63, 3.8) is 0 Å². The van der Waals surface area contributed by atoms with Gasteiger partial charge in [-0.15, -0.1) is 0 Å². The van der Waals surface area contributed by atoms with Crippen LogP contribution in [0.2, 0.25) is 0 Å². The molecule has 1 aliphatic heterocycles. The predicted molar refractivity (Wildman–Crippen MR) is 98.2 cm³/mol. The van der Waals surface area contributed by atoms with Crippen LogP contribution in [-0.2, 0) is 0 Å². The third-order valence-corrected chi connectivity index (χ3v) is 4.10. The van der Waals surface area contributed by atoms with Gasteiger partial charge >= 0.3 is 0 Å².